The molecule has 0 saturated carbocycles. The molecule has 1 unspecified atom stereocenters. The Labute approximate surface area is 139 Å². The summed E-state index contributed by atoms with van der Waals surface area (Å²) in [6.45, 7) is 11.2. The zero-order chi connectivity index (χ0) is 17.4. The topological polar surface area (TPSA) is 59.4 Å². The van der Waals surface area contributed by atoms with E-state index in [1.807, 2.05) is 31.7 Å². The summed E-state index contributed by atoms with van der Waals surface area (Å²) in [7, 11) is -2.93. The average Bonchev–Trinajstić information content (AvgIpc) is 2.95. The number of aryl methyl sites for hydroxylation is 1. The summed E-state index contributed by atoms with van der Waals surface area (Å²) in [5, 5.41) is 0. The van der Waals surface area contributed by atoms with Gasteiger partial charge in [0, 0.05) is 29.0 Å². The molecule has 0 amide bonds. The summed E-state index contributed by atoms with van der Waals surface area (Å²) < 4.78 is 25.5. The summed E-state index contributed by atoms with van der Waals surface area (Å²) in [6.07, 6.45) is 0.633. The highest BCUT2D eigenvalue weighted by Gasteiger charge is 2.32. The van der Waals surface area contributed by atoms with E-state index in [1.165, 1.54) is 0 Å². The Morgan fingerprint density at radius 1 is 1.39 bits per heavy atom. The molecule has 1 saturated heterocycles. The minimum Gasteiger partial charge on any atom is -0.346 e. The highest BCUT2D eigenvalue weighted by atomic mass is 32.2. The van der Waals surface area contributed by atoms with Crippen LogP contribution in [0.2, 0.25) is 0 Å². The molecule has 2 heterocycles. The van der Waals surface area contributed by atoms with E-state index in [2.05, 4.69) is 18.4 Å². The number of ketones is 1. The van der Waals surface area contributed by atoms with Gasteiger partial charge in [0.2, 0.25) is 0 Å². The van der Waals surface area contributed by atoms with Crippen LogP contribution in [0.15, 0.2) is 6.07 Å². The van der Waals surface area contributed by atoms with Crippen LogP contribution in [0.25, 0.3) is 0 Å². The van der Waals surface area contributed by atoms with Gasteiger partial charge in [0.1, 0.15) is 0 Å². The summed E-state index contributed by atoms with van der Waals surface area (Å²) in [5.41, 5.74) is 2.85. The monoisotopic (exact) mass is 340 g/mol. The molecular weight excluding hydrogens is 312 g/mol. The SMILES string of the molecule is CCN(CC(=O)c1cc(C)n(C(C)C)c1C)C1CCS(=O)(=O)C1. The van der Waals surface area contributed by atoms with Crippen LogP contribution in [0.3, 0.4) is 0 Å². The standard InChI is InChI=1S/C17H28N2O3S/c1-6-18(15-7-8-23(21,22)11-15)10-17(20)16-9-13(4)19(12(2)3)14(16)5/h9,12,15H,6-8,10-11H2,1-5H3. The molecule has 23 heavy (non-hydrogen) atoms. The van der Waals surface area contributed by atoms with Crippen LogP contribution >= 0.6 is 0 Å². The number of sulfone groups is 1. The normalized spacial score (nSPS) is 20.6. The fourth-order valence-electron chi connectivity index (χ4n) is 3.69. The van der Waals surface area contributed by atoms with Crippen molar-refractivity contribution in [1.29, 1.82) is 0 Å². The maximum atomic E-state index is 12.7. The second-order valence-corrected chi connectivity index (χ2v) is 9.02. The van der Waals surface area contributed by atoms with E-state index in [4.69, 9.17) is 0 Å². The first kappa shape index (κ1) is 18.2. The van der Waals surface area contributed by atoms with Crippen molar-refractivity contribution in [3.63, 3.8) is 0 Å². The van der Waals surface area contributed by atoms with Crippen molar-refractivity contribution >= 4 is 15.6 Å². The molecule has 0 aromatic carbocycles. The Bertz CT molecular complexity index is 689. The van der Waals surface area contributed by atoms with Crippen molar-refractivity contribution < 1.29 is 13.2 Å². The molecule has 5 nitrogen and oxygen atoms in total. The third kappa shape index (κ3) is 3.86. The molecule has 1 atom stereocenters. The largest absolute Gasteiger partial charge is 0.346 e. The molecule has 1 aromatic heterocycles. The summed E-state index contributed by atoms with van der Waals surface area (Å²) >= 11 is 0. The number of hydrogen-bond acceptors (Lipinski definition) is 4. The number of rotatable bonds is 6. The van der Waals surface area contributed by atoms with Crippen LogP contribution in [0, 0.1) is 13.8 Å². The van der Waals surface area contributed by atoms with Crippen LogP contribution in [0.4, 0.5) is 0 Å². The van der Waals surface area contributed by atoms with Gasteiger partial charge in [-0.15, -0.1) is 0 Å². The first-order chi connectivity index (χ1) is 10.7. The number of carbonyl (C=O) groups is 1. The molecule has 6 heteroatoms. The lowest BCUT2D eigenvalue weighted by Crippen LogP contribution is -2.39. The van der Waals surface area contributed by atoms with Gasteiger partial charge in [-0.25, -0.2) is 8.42 Å². The smallest absolute Gasteiger partial charge is 0.178 e. The van der Waals surface area contributed by atoms with Gasteiger partial charge >= 0.3 is 0 Å². The number of likely N-dealkylation sites (N-methyl/N-ethyl adjacent to an activating group) is 1. The molecular formula is C17H28N2O3S. The Kier molecular flexibility index (Phi) is 5.36. The van der Waals surface area contributed by atoms with Gasteiger partial charge in [0.15, 0.2) is 15.6 Å². The Morgan fingerprint density at radius 3 is 2.48 bits per heavy atom. The van der Waals surface area contributed by atoms with Crippen molar-refractivity contribution in [1.82, 2.24) is 9.47 Å². The van der Waals surface area contributed by atoms with Gasteiger partial charge in [0.05, 0.1) is 18.1 Å². The molecule has 0 radical (unpaired) electrons. The van der Waals surface area contributed by atoms with E-state index in [1.54, 1.807) is 0 Å². The third-order valence-corrected chi connectivity index (χ3v) is 6.53. The van der Waals surface area contributed by atoms with E-state index in [0.717, 1.165) is 17.0 Å². The lowest BCUT2D eigenvalue weighted by molar-refractivity contribution is 0.0906. The summed E-state index contributed by atoms with van der Waals surface area (Å²) in [5.74, 6) is 0.500. The maximum Gasteiger partial charge on any atom is 0.178 e. The van der Waals surface area contributed by atoms with E-state index >= 15 is 0 Å². The van der Waals surface area contributed by atoms with Gasteiger partial charge in [0.25, 0.3) is 0 Å². The van der Waals surface area contributed by atoms with Gasteiger partial charge in [-0.2, -0.15) is 0 Å². The fraction of sp³-hybridized carbons (Fsp3) is 0.706. The maximum absolute atomic E-state index is 12.7. The molecule has 2 rings (SSSR count). The van der Waals surface area contributed by atoms with Crippen molar-refractivity contribution in [2.75, 3.05) is 24.6 Å². The quantitative estimate of drug-likeness (QED) is 0.746. The lowest BCUT2D eigenvalue weighted by Gasteiger charge is -2.25. The zero-order valence-corrected chi connectivity index (χ0v) is 15.6. The van der Waals surface area contributed by atoms with E-state index in [9.17, 15) is 13.2 Å². The number of Topliss-reactive ketones (excluding diaryl/α,β-unsaturated/α-hetero) is 1. The Balaban J connectivity index is 2.16. The van der Waals surface area contributed by atoms with Crippen LogP contribution in [-0.4, -0.2) is 54.3 Å². The summed E-state index contributed by atoms with van der Waals surface area (Å²) in [4.78, 5) is 14.7. The minimum atomic E-state index is -2.93. The van der Waals surface area contributed by atoms with Gasteiger partial charge in [-0.05, 0) is 46.7 Å². The van der Waals surface area contributed by atoms with E-state index in [-0.39, 0.29) is 23.3 Å². The molecule has 0 aliphatic carbocycles. The number of hydrogen-bond donors (Lipinski definition) is 0. The average molecular weight is 340 g/mol. The first-order valence-electron chi connectivity index (χ1n) is 8.32. The molecule has 1 aliphatic heterocycles. The van der Waals surface area contributed by atoms with Crippen molar-refractivity contribution in [2.45, 2.75) is 53.1 Å². The van der Waals surface area contributed by atoms with Crippen LogP contribution < -0.4 is 0 Å². The highest BCUT2D eigenvalue weighted by Crippen LogP contribution is 2.22. The number of carbonyl (C=O) groups excluding carboxylic acids is 1. The number of nitrogens with zero attached hydrogens (tertiary/aromatic N) is 2. The number of aromatic nitrogens is 1. The van der Waals surface area contributed by atoms with Crippen LogP contribution in [-0.2, 0) is 9.84 Å². The van der Waals surface area contributed by atoms with E-state index < -0.39 is 9.84 Å². The van der Waals surface area contributed by atoms with Crippen molar-refractivity contribution in [2.24, 2.45) is 0 Å². The first-order valence-corrected chi connectivity index (χ1v) is 10.1. The van der Waals surface area contributed by atoms with Gasteiger partial charge in [-0.3, -0.25) is 9.69 Å². The highest BCUT2D eigenvalue weighted by molar-refractivity contribution is 7.91. The fourth-order valence-corrected chi connectivity index (χ4v) is 5.45. The lowest BCUT2D eigenvalue weighted by atomic mass is 10.1. The zero-order valence-electron chi connectivity index (χ0n) is 14.8. The summed E-state index contributed by atoms with van der Waals surface area (Å²) in [6, 6.07) is 2.25. The third-order valence-electron chi connectivity index (χ3n) is 4.78. The van der Waals surface area contributed by atoms with Gasteiger partial charge < -0.3 is 4.57 Å². The van der Waals surface area contributed by atoms with Crippen LogP contribution in [0.1, 0.15) is 55.0 Å². The minimum absolute atomic E-state index is 0.0254. The Hall–Kier alpha value is -1.14. The molecule has 0 spiro atoms. The predicted molar refractivity (Wildman–Crippen MR) is 92.9 cm³/mol. The molecule has 1 fully saturated rings. The molecule has 1 aliphatic rings. The second kappa shape index (κ2) is 6.77. The Morgan fingerprint density at radius 2 is 2.04 bits per heavy atom. The van der Waals surface area contributed by atoms with Crippen molar-refractivity contribution in [3.05, 3.63) is 23.0 Å². The van der Waals surface area contributed by atoms with Gasteiger partial charge in [-0.1, -0.05) is 6.92 Å². The molecule has 1 aromatic rings. The molecule has 0 N–H and O–H groups in total. The second-order valence-electron chi connectivity index (χ2n) is 6.79. The predicted octanol–water partition coefficient (Wildman–Crippen LogP) is 2.38. The van der Waals surface area contributed by atoms with E-state index in [0.29, 0.717) is 25.6 Å². The van der Waals surface area contributed by atoms with Crippen molar-refractivity contribution in [3.8, 4) is 0 Å². The van der Waals surface area contributed by atoms with Crippen LogP contribution in [0.5, 0.6) is 0 Å². The molecule has 0 bridgehead atoms. The molecule has 130 valence electrons.